The van der Waals surface area contributed by atoms with E-state index in [0.29, 0.717) is 12.8 Å². The smallest absolute Gasteiger partial charge is 0.325 e. The molecule has 28 heavy (non-hydrogen) atoms. The monoisotopic (exact) mass is 412 g/mol. The predicted molar refractivity (Wildman–Crippen MR) is 98.2 cm³/mol. The van der Waals surface area contributed by atoms with Gasteiger partial charge in [-0.05, 0) is 50.1 Å². The molecule has 3 rings (SSSR count). The highest BCUT2D eigenvalue weighted by molar-refractivity contribution is 7.89. The van der Waals surface area contributed by atoms with Gasteiger partial charge in [-0.2, -0.15) is 17.5 Å². The fourth-order valence-corrected chi connectivity index (χ4v) is 4.79. The molecule has 0 saturated carbocycles. The lowest BCUT2D eigenvalue weighted by molar-refractivity contribution is -0.137. The van der Waals surface area contributed by atoms with Crippen LogP contribution in [0.15, 0.2) is 53.4 Å². The highest BCUT2D eigenvalue weighted by Gasteiger charge is 2.39. The molecule has 2 aromatic rings. The molecule has 1 fully saturated rings. The molecule has 2 aromatic carbocycles. The van der Waals surface area contributed by atoms with Crippen LogP contribution >= 0.6 is 0 Å². The quantitative estimate of drug-likeness (QED) is 0.831. The maximum Gasteiger partial charge on any atom is 0.416 e. The lowest BCUT2D eigenvalue weighted by Crippen LogP contribution is -2.43. The number of carbonyl (C=O) groups excluding carboxylic acids is 1. The van der Waals surface area contributed by atoms with Gasteiger partial charge in [-0.25, -0.2) is 8.42 Å². The summed E-state index contributed by atoms with van der Waals surface area (Å²) in [5.74, 6) is -0.646. The Morgan fingerprint density at radius 3 is 2.46 bits per heavy atom. The minimum atomic E-state index is -4.53. The summed E-state index contributed by atoms with van der Waals surface area (Å²) in [5, 5.41) is 2.41. The summed E-state index contributed by atoms with van der Waals surface area (Å²) in [4.78, 5) is 12.7. The van der Waals surface area contributed by atoms with Crippen LogP contribution in [-0.2, 0) is 21.0 Å². The Labute approximate surface area is 161 Å². The normalized spacial score (nSPS) is 18.2. The van der Waals surface area contributed by atoms with Gasteiger partial charge < -0.3 is 5.32 Å². The zero-order chi connectivity index (χ0) is 20.5. The lowest BCUT2D eigenvalue weighted by Gasteiger charge is -2.23. The summed E-state index contributed by atoms with van der Waals surface area (Å²) in [6.07, 6.45) is -3.74. The molecule has 1 amide bonds. The van der Waals surface area contributed by atoms with Crippen molar-refractivity contribution in [2.75, 3.05) is 11.9 Å². The van der Waals surface area contributed by atoms with Crippen molar-refractivity contribution in [3.05, 3.63) is 59.7 Å². The number of sulfonamides is 1. The minimum Gasteiger partial charge on any atom is -0.325 e. The summed E-state index contributed by atoms with van der Waals surface area (Å²) in [5.41, 5.74) is -0.0144. The molecule has 1 aliphatic heterocycles. The number of aryl methyl sites for hydroxylation is 1. The average molecular weight is 412 g/mol. The first-order chi connectivity index (χ1) is 13.1. The Kier molecular flexibility index (Phi) is 5.49. The van der Waals surface area contributed by atoms with Crippen molar-refractivity contribution >= 4 is 21.6 Å². The molecule has 1 atom stereocenters. The molecule has 0 bridgehead atoms. The standard InChI is InChI=1S/C19H19F3N2O3S/c1-13-7-9-16(10-8-13)28(26,27)24-11-3-6-17(24)18(25)23-15-5-2-4-14(12-15)19(20,21)22/h2,4-5,7-10,12,17H,3,6,11H2,1H3,(H,23,25)/t17-/m0/s1. The summed E-state index contributed by atoms with van der Waals surface area (Å²) >= 11 is 0. The average Bonchev–Trinajstić information content (AvgIpc) is 3.12. The van der Waals surface area contributed by atoms with E-state index in [-0.39, 0.29) is 17.1 Å². The molecule has 150 valence electrons. The molecule has 0 unspecified atom stereocenters. The zero-order valence-corrected chi connectivity index (χ0v) is 15.8. The Bertz CT molecular complexity index is 973. The number of alkyl halides is 3. The van der Waals surface area contributed by atoms with Crippen LogP contribution in [0.3, 0.4) is 0 Å². The van der Waals surface area contributed by atoms with Gasteiger partial charge in [0.25, 0.3) is 0 Å². The van der Waals surface area contributed by atoms with Crippen LogP contribution in [0.1, 0.15) is 24.0 Å². The molecule has 0 radical (unpaired) electrons. The van der Waals surface area contributed by atoms with E-state index in [9.17, 15) is 26.4 Å². The van der Waals surface area contributed by atoms with E-state index in [0.717, 1.165) is 22.0 Å². The molecule has 1 heterocycles. The molecular formula is C19H19F3N2O3S. The first kappa shape index (κ1) is 20.3. The molecule has 0 aliphatic carbocycles. The van der Waals surface area contributed by atoms with Crippen molar-refractivity contribution in [2.24, 2.45) is 0 Å². The number of amides is 1. The van der Waals surface area contributed by atoms with E-state index in [4.69, 9.17) is 0 Å². The van der Waals surface area contributed by atoms with Crippen molar-refractivity contribution in [1.82, 2.24) is 4.31 Å². The molecular weight excluding hydrogens is 393 g/mol. The summed E-state index contributed by atoms with van der Waals surface area (Å²) in [7, 11) is -3.88. The van der Waals surface area contributed by atoms with E-state index < -0.39 is 33.7 Å². The summed E-state index contributed by atoms with van der Waals surface area (Å²) in [6.45, 7) is 2.01. The number of anilines is 1. The van der Waals surface area contributed by atoms with Crippen LogP contribution < -0.4 is 5.32 Å². The highest BCUT2D eigenvalue weighted by atomic mass is 32.2. The van der Waals surface area contributed by atoms with Crippen molar-refractivity contribution < 1.29 is 26.4 Å². The second-order valence-corrected chi connectivity index (χ2v) is 8.55. The van der Waals surface area contributed by atoms with Gasteiger partial charge >= 0.3 is 6.18 Å². The zero-order valence-electron chi connectivity index (χ0n) is 15.0. The third kappa shape index (κ3) is 4.20. The van der Waals surface area contributed by atoms with E-state index in [1.54, 1.807) is 12.1 Å². The maximum atomic E-state index is 12.9. The van der Waals surface area contributed by atoms with Gasteiger partial charge in [0.1, 0.15) is 6.04 Å². The van der Waals surface area contributed by atoms with Crippen LogP contribution in [0.5, 0.6) is 0 Å². The fourth-order valence-electron chi connectivity index (χ4n) is 3.13. The van der Waals surface area contributed by atoms with E-state index in [1.807, 2.05) is 6.92 Å². The van der Waals surface area contributed by atoms with Gasteiger partial charge in [0.05, 0.1) is 10.5 Å². The molecule has 0 spiro atoms. The van der Waals surface area contributed by atoms with Gasteiger partial charge in [0, 0.05) is 12.2 Å². The Hall–Kier alpha value is -2.39. The number of hydrogen-bond donors (Lipinski definition) is 1. The number of nitrogens with one attached hydrogen (secondary N) is 1. The second-order valence-electron chi connectivity index (χ2n) is 6.65. The molecule has 9 heteroatoms. The molecule has 0 aromatic heterocycles. The van der Waals surface area contributed by atoms with Crippen LogP contribution in [0.25, 0.3) is 0 Å². The second kappa shape index (κ2) is 7.56. The Morgan fingerprint density at radius 2 is 1.82 bits per heavy atom. The van der Waals surface area contributed by atoms with Gasteiger partial charge in [0.15, 0.2) is 0 Å². The molecule has 1 aliphatic rings. The van der Waals surface area contributed by atoms with Gasteiger partial charge in [0.2, 0.25) is 15.9 Å². The topological polar surface area (TPSA) is 66.5 Å². The molecule has 1 saturated heterocycles. The SMILES string of the molecule is Cc1ccc(S(=O)(=O)N2CCC[C@H]2C(=O)Nc2cccc(C(F)(F)F)c2)cc1. The van der Waals surface area contributed by atoms with E-state index >= 15 is 0 Å². The highest BCUT2D eigenvalue weighted by Crippen LogP contribution is 2.31. The third-order valence-corrected chi connectivity index (χ3v) is 6.51. The first-order valence-electron chi connectivity index (χ1n) is 8.66. The largest absolute Gasteiger partial charge is 0.416 e. The van der Waals surface area contributed by atoms with Crippen molar-refractivity contribution in [3.63, 3.8) is 0 Å². The molecule has 5 nitrogen and oxygen atoms in total. The number of nitrogens with zero attached hydrogens (tertiary/aromatic N) is 1. The number of benzene rings is 2. The number of rotatable bonds is 4. The summed E-state index contributed by atoms with van der Waals surface area (Å²) < 4.78 is 65.4. The Morgan fingerprint density at radius 1 is 1.14 bits per heavy atom. The Balaban J connectivity index is 1.81. The van der Waals surface area contributed by atoms with Crippen LogP contribution in [-0.4, -0.2) is 31.2 Å². The van der Waals surface area contributed by atoms with E-state index in [1.165, 1.54) is 24.3 Å². The fraction of sp³-hybridized carbons (Fsp3) is 0.316. The minimum absolute atomic E-state index is 0.0283. The van der Waals surface area contributed by atoms with Gasteiger partial charge in [-0.15, -0.1) is 0 Å². The maximum absolute atomic E-state index is 12.9. The number of halogens is 3. The van der Waals surface area contributed by atoms with Gasteiger partial charge in [-0.3, -0.25) is 4.79 Å². The van der Waals surface area contributed by atoms with E-state index in [2.05, 4.69) is 5.32 Å². The van der Waals surface area contributed by atoms with Crippen molar-refractivity contribution in [3.8, 4) is 0 Å². The number of carbonyl (C=O) groups is 1. The molecule has 1 N–H and O–H groups in total. The van der Waals surface area contributed by atoms with Gasteiger partial charge in [-0.1, -0.05) is 23.8 Å². The van der Waals surface area contributed by atoms with Crippen LogP contribution in [0.2, 0.25) is 0 Å². The van der Waals surface area contributed by atoms with Crippen molar-refractivity contribution in [1.29, 1.82) is 0 Å². The van der Waals surface area contributed by atoms with Crippen molar-refractivity contribution in [2.45, 2.75) is 36.9 Å². The van der Waals surface area contributed by atoms with Crippen LogP contribution in [0, 0.1) is 6.92 Å². The predicted octanol–water partition coefficient (Wildman–Crippen LogP) is 3.81. The first-order valence-corrected chi connectivity index (χ1v) is 10.1. The number of hydrogen-bond acceptors (Lipinski definition) is 3. The van der Waals surface area contributed by atoms with Crippen LogP contribution in [0.4, 0.5) is 18.9 Å². The lowest BCUT2D eigenvalue weighted by atomic mass is 10.1. The summed E-state index contributed by atoms with van der Waals surface area (Å²) in [6, 6.07) is 9.57. The third-order valence-electron chi connectivity index (χ3n) is 4.59.